The average molecular weight is 373 g/mol. The van der Waals surface area contributed by atoms with E-state index in [1.807, 2.05) is 42.5 Å². The lowest BCUT2D eigenvalue weighted by molar-refractivity contribution is -0.140. The van der Waals surface area contributed by atoms with Gasteiger partial charge in [-0.05, 0) is 24.5 Å². The fourth-order valence-corrected chi connectivity index (χ4v) is 2.94. The lowest BCUT2D eigenvalue weighted by Crippen LogP contribution is -2.10. The van der Waals surface area contributed by atoms with Gasteiger partial charge in [-0.25, -0.2) is 0 Å². The second-order valence-corrected chi connectivity index (χ2v) is 6.74. The maximum atomic E-state index is 11.9. The highest BCUT2D eigenvalue weighted by Crippen LogP contribution is 2.18. The first-order valence-electron chi connectivity index (χ1n) is 8.60. The Hall–Kier alpha value is -2.54. The van der Waals surface area contributed by atoms with Gasteiger partial charge in [-0.2, -0.15) is 0 Å². The Kier molecular flexibility index (Phi) is 8.48. The van der Waals surface area contributed by atoms with E-state index >= 15 is 0 Å². The van der Waals surface area contributed by atoms with Crippen molar-refractivity contribution in [2.75, 3.05) is 12.4 Å². The number of aromatic nitrogens is 2. The van der Waals surface area contributed by atoms with Crippen LogP contribution in [0.2, 0.25) is 0 Å². The van der Waals surface area contributed by atoms with Crippen LogP contribution in [0.4, 0.5) is 5.13 Å². The van der Waals surface area contributed by atoms with Crippen molar-refractivity contribution in [3.63, 3.8) is 0 Å². The molecule has 0 saturated heterocycles. The standard InChI is InChI=1S/C19H23N3O3S/c1-25-18(24)12-8-3-2-7-11-16(23)20-19-22-21-17(26-19)14-13-15-9-5-4-6-10-15/h4-6,9-10,13-14H,2-3,7-8,11-12H2,1H3,(H,20,22,23). The largest absolute Gasteiger partial charge is 0.469 e. The molecule has 1 heterocycles. The Morgan fingerprint density at radius 3 is 2.50 bits per heavy atom. The third-order valence-electron chi connectivity index (χ3n) is 3.67. The van der Waals surface area contributed by atoms with Gasteiger partial charge in [0.2, 0.25) is 11.0 Å². The van der Waals surface area contributed by atoms with Crippen LogP contribution in [0, 0.1) is 0 Å². The molecule has 0 radical (unpaired) electrons. The molecule has 0 atom stereocenters. The Balaban J connectivity index is 1.66. The summed E-state index contributed by atoms with van der Waals surface area (Å²) in [4.78, 5) is 22.9. The highest BCUT2D eigenvalue weighted by molar-refractivity contribution is 7.16. The molecule has 0 fully saturated rings. The van der Waals surface area contributed by atoms with Crippen LogP contribution in [-0.4, -0.2) is 29.2 Å². The molecular weight excluding hydrogens is 350 g/mol. The van der Waals surface area contributed by atoms with E-state index < -0.39 is 0 Å². The predicted octanol–water partition coefficient (Wildman–Crippen LogP) is 4.16. The Labute approximate surface area is 157 Å². The van der Waals surface area contributed by atoms with Gasteiger partial charge in [0.15, 0.2) is 0 Å². The van der Waals surface area contributed by atoms with Gasteiger partial charge in [-0.15, -0.1) is 10.2 Å². The van der Waals surface area contributed by atoms with Crippen LogP contribution < -0.4 is 5.32 Å². The van der Waals surface area contributed by atoms with E-state index in [4.69, 9.17) is 0 Å². The molecule has 0 spiro atoms. The molecule has 1 aromatic carbocycles. The zero-order chi connectivity index (χ0) is 18.6. The fourth-order valence-electron chi connectivity index (χ4n) is 2.28. The molecular formula is C19H23N3O3S. The summed E-state index contributed by atoms with van der Waals surface area (Å²) < 4.78 is 4.59. The number of benzene rings is 1. The molecule has 1 amide bonds. The summed E-state index contributed by atoms with van der Waals surface area (Å²) in [5, 5.41) is 12.1. The van der Waals surface area contributed by atoms with Crippen molar-refractivity contribution >= 4 is 40.5 Å². The van der Waals surface area contributed by atoms with Crippen LogP contribution >= 0.6 is 11.3 Å². The molecule has 6 nitrogen and oxygen atoms in total. The third-order valence-corrected chi connectivity index (χ3v) is 4.47. The average Bonchev–Trinajstić information content (AvgIpc) is 3.10. The molecule has 0 aliphatic carbocycles. The van der Waals surface area contributed by atoms with Gasteiger partial charge in [-0.1, -0.05) is 60.6 Å². The summed E-state index contributed by atoms with van der Waals surface area (Å²) in [6, 6.07) is 9.92. The first-order valence-corrected chi connectivity index (χ1v) is 9.42. The molecule has 0 unspecified atom stereocenters. The molecule has 0 aliphatic rings. The van der Waals surface area contributed by atoms with Crippen molar-refractivity contribution in [1.82, 2.24) is 10.2 Å². The summed E-state index contributed by atoms with van der Waals surface area (Å²) in [5.74, 6) is -0.246. The van der Waals surface area contributed by atoms with Crippen LogP contribution in [0.15, 0.2) is 30.3 Å². The van der Waals surface area contributed by atoms with Crippen molar-refractivity contribution in [3.05, 3.63) is 40.9 Å². The first kappa shape index (κ1) is 19.8. The lowest BCUT2D eigenvalue weighted by Gasteiger charge is -2.02. The number of rotatable bonds is 10. The number of esters is 1. The maximum absolute atomic E-state index is 11.9. The normalized spacial score (nSPS) is 10.8. The van der Waals surface area contributed by atoms with Gasteiger partial charge in [0.05, 0.1) is 7.11 Å². The number of methoxy groups -OCH3 is 1. The van der Waals surface area contributed by atoms with Crippen LogP contribution in [0.25, 0.3) is 12.2 Å². The number of hydrogen-bond acceptors (Lipinski definition) is 6. The number of nitrogens with one attached hydrogen (secondary N) is 1. The highest BCUT2D eigenvalue weighted by atomic mass is 32.1. The Morgan fingerprint density at radius 2 is 1.77 bits per heavy atom. The Morgan fingerprint density at radius 1 is 1.04 bits per heavy atom. The van der Waals surface area contributed by atoms with E-state index in [1.165, 1.54) is 18.4 Å². The molecule has 2 aromatic rings. The first-order chi connectivity index (χ1) is 12.7. The second kappa shape index (κ2) is 11.1. The van der Waals surface area contributed by atoms with Crippen LogP contribution in [0.1, 0.15) is 49.1 Å². The number of carbonyl (C=O) groups is 2. The summed E-state index contributed by atoms with van der Waals surface area (Å²) >= 11 is 1.34. The van der Waals surface area contributed by atoms with Gasteiger partial charge in [-0.3, -0.25) is 9.59 Å². The van der Waals surface area contributed by atoms with Crippen molar-refractivity contribution in [3.8, 4) is 0 Å². The van der Waals surface area contributed by atoms with E-state index in [1.54, 1.807) is 0 Å². The zero-order valence-electron chi connectivity index (χ0n) is 14.8. The SMILES string of the molecule is COC(=O)CCCCCCC(=O)Nc1nnc(C=Cc2ccccc2)s1. The number of ether oxygens (including phenoxy) is 1. The van der Waals surface area contributed by atoms with E-state index in [9.17, 15) is 9.59 Å². The number of nitrogens with zero attached hydrogens (tertiary/aromatic N) is 2. The number of hydrogen-bond donors (Lipinski definition) is 1. The molecule has 0 aliphatic heterocycles. The summed E-state index contributed by atoms with van der Waals surface area (Å²) in [5.41, 5.74) is 1.08. The molecule has 138 valence electrons. The van der Waals surface area contributed by atoms with E-state index in [-0.39, 0.29) is 11.9 Å². The topological polar surface area (TPSA) is 81.2 Å². The van der Waals surface area contributed by atoms with E-state index in [0.717, 1.165) is 36.3 Å². The smallest absolute Gasteiger partial charge is 0.305 e. The molecule has 0 bridgehead atoms. The minimum Gasteiger partial charge on any atom is -0.469 e. The molecule has 1 aromatic heterocycles. The quantitative estimate of drug-likeness (QED) is 0.499. The third kappa shape index (κ3) is 7.57. The monoisotopic (exact) mass is 373 g/mol. The number of unbranched alkanes of at least 4 members (excludes halogenated alkanes) is 3. The number of anilines is 1. The summed E-state index contributed by atoms with van der Waals surface area (Å²) in [6.45, 7) is 0. The fraction of sp³-hybridized carbons (Fsp3) is 0.368. The molecule has 1 N–H and O–H groups in total. The number of carbonyl (C=O) groups excluding carboxylic acids is 2. The molecule has 2 rings (SSSR count). The number of amides is 1. The second-order valence-electron chi connectivity index (χ2n) is 5.73. The van der Waals surface area contributed by atoms with Crippen LogP contribution in [-0.2, 0) is 14.3 Å². The van der Waals surface area contributed by atoms with Gasteiger partial charge >= 0.3 is 5.97 Å². The van der Waals surface area contributed by atoms with Gasteiger partial charge in [0.25, 0.3) is 0 Å². The van der Waals surface area contributed by atoms with Crippen LogP contribution in [0.5, 0.6) is 0 Å². The highest BCUT2D eigenvalue weighted by Gasteiger charge is 2.07. The zero-order valence-corrected chi connectivity index (χ0v) is 15.6. The van der Waals surface area contributed by atoms with E-state index in [2.05, 4.69) is 20.3 Å². The van der Waals surface area contributed by atoms with Gasteiger partial charge in [0, 0.05) is 12.8 Å². The molecule has 0 saturated carbocycles. The summed E-state index contributed by atoms with van der Waals surface area (Å²) in [7, 11) is 1.39. The van der Waals surface area contributed by atoms with E-state index in [0.29, 0.717) is 18.0 Å². The van der Waals surface area contributed by atoms with Gasteiger partial charge in [0.1, 0.15) is 5.01 Å². The molecule has 7 heteroatoms. The predicted molar refractivity (Wildman–Crippen MR) is 104 cm³/mol. The minimum absolute atomic E-state index is 0.0623. The van der Waals surface area contributed by atoms with Gasteiger partial charge < -0.3 is 10.1 Å². The minimum atomic E-state index is -0.184. The van der Waals surface area contributed by atoms with Crippen molar-refractivity contribution < 1.29 is 14.3 Å². The van der Waals surface area contributed by atoms with Crippen molar-refractivity contribution in [1.29, 1.82) is 0 Å². The lowest BCUT2D eigenvalue weighted by atomic mass is 10.1. The van der Waals surface area contributed by atoms with Crippen molar-refractivity contribution in [2.45, 2.75) is 38.5 Å². The Bertz CT molecular complexity index is 729. The molecule has 26 heavy (non-hydrogen) atoms. The van der Waals surface area contributed by atoms with Crippen molar-refractivity contribution in [2.24, 2.45) is 0 Å². The van der Waals surface area contributed by atoms with Crippen LogP contribution in [0.3, 0.4) is 0 Å². The summed E-state index contributed by atoms with van der Waals surface area (Å²) in [6.07, 6.45) is 8.11. The maximum Gasteiger partial charge on any atom is 0.305 e.